The van der Waals surface area contributed by atoms with Crippen molar-refractivity contribution < 1.29 is 17.9 Å². The number of carbonyl (C=O) groups is 1. The first-order chi connectivity index (χ1) is 12.9. The maximum Gasteiger partial charge on any atom is 0.243 e. The summed E-state index contributed by atoms with van der Waals surface area (Å²) in [6, 6.07) is 4.92. The second kappa shape index (κ2) is 8.64. The van der Waals surface area contributed by atoms with Crippen molar-refractivity contribution in [3.63, 3.8) is 0 Å². The van der Waals surface area contributed by atoms with Crippen LogP contribution in [0.1, 0.15) is 33.1 Å². The Labute approximate surface area is 163 Å². The number of ether oxygens (including phenoxy) is 1. The van der Waals surface area contributed by atoms with E-state index in [0.29, 0.717) is 42.9 Å². The van der Waals surface area contributed by atoms with Gasteiger partial charge in [0.05, 0.1) is 28.1 Å². The van der Waals surface area contributed by atoms with Crippen LogP contribution in [-0.2, 0) is 19.6 Å². The highest BCUT2D eigenvalue weighted by Crippen LogP contribution is 2.30. The number of anilines is 1. The van der Waals surface area contributed by atoms with E-state index in [1.807, 2.05) is 0 Å². The van der Waals surface area contributed by atoms with Gasteiger partial charge in [-0.25, -0.2) is 13.4 Å². The lowest BCUT2D eigenvalue weighted by Gasteiger charge is -2.15. The molecule has 0 bridgehead atoms. The summed E-state index contributed by atoms with van der Waals surface area (Å²) >= 11 is 1.28. The van der Waals surface area contributed by atoms with Gasteiger partial charge in [-0.1, -0.05) is 25.2 Å². The fourth-order valence-corrected chi connectivity index (χ4v) is 5.40. The molecule has 1 fully saturated rings. The molecule has 1 amide bonds. The van der Waals surface area contributed by atoms with Crippen LogP contribution in [0.5, 0.6) is 0 Å². The van der Waals surface area contributed by atoms with Gasteiger partial charge in [0.2, 0.25) is 15.9 Å². The van der Waals surface area contributed by atoms with E-state index >= 15 is 0 Å². The van der Waals surface area contributed by atoms with Crippen molar-refractivity contribution in [3.05, 3.63) is 18.2 Å². The standard InChI is InChI=1S/C18H25N3O4S2/c1-13(2)12-25-10-7-17(22)20-18-19-15-6-5-14(11-16(15)26-18)27(23,24)21-8-3-4-9-21/h5-6,11,13H,3-4,7-10,12H2,1-2H3,(H,19,20,22). The zero-order valence-electron chi connectivity index (χ0n) is 15.6. The van der Waals surface area contributed by atoms with Gasteiger partial charge in [0.25, 0.3) is 0 Å². The number of fused-ring (bicyclic) bond motifs is 1. The van der Waals surface area contributed by atoms with Crippen LogP contribution >= 0.6 is 11.3 Å². The van der Waals surface area contributed by atoms with Crippen molar-refractivity contribution in [2.75, 3.05) is 31.6 Å². The number of hydrogen-bond donors (Lipinski definition) is 1. The smallest absolute Gasteiger partial charge is 0.243 e. The summed E-state index contributed by atoms with van der Waals surface area (Å²) in [7, 11) is -3.46. The summed E-state index contributed by atoms with van der Waals surface area (Å²) in [6.45, 7) is 6.25. The summed E-state index contributed by atoms with van der Waals surface area (Å²) in [5, 5.41) is 3.23. The molecule has 0 saturated carbocycles. The number of sulfonamides is 1. The highest BCUT2D eigenvalue weighted by Gasteiger charge is 2.27. The van der Waals surface area contributed by atoms with E-state index in [1.165, 1.54) is 15.6 Å². The maximum atomic E-state index is 12.7. The number of rotatable bonds is 8. The summed E-state index contributed by atoms with van der Waals surface area (Å²) in [4.78, 5) is 16.7. The molecule has 1 saturated heterocycles. The molecular formula is C18H25N3O4S2. The van der Waals surface area contributed by atoms with E-state index in [1.54, 1.807) is 18.2 Å². The number of amides is 1. The van der Waals surface area contributed by atoms with Crippen LogP contribution in [0.3, 0.4) is 0 Å². The predicted molar refractivity (Wildman–Crippen MR) is 107 cm³/mol. The molecular weight excluding hydrogens is 386 g/mol. The SMILES string of the molecule is CC(C)COCCC(=O)Nc1nc2ccc(S(=O)(=O)N3CCCC3)cc2s1. The molecule has 1 aromatic carbocycles. The van der Waals surface area contributed by atoms with E-state index in [9.17, 15) is 13.2 Å². The minimum atomic E-state index is -3.46. The first kappa shape index (κ1) is 20.2. The maximum absolute atomic E-state index is 12.7. The van der Waals surface area contributed by atoms with Gasteiger partial charge < -0.3 is 10.1 Å². The Bertz CT molecular complexity index is 902. The molecule has 2 heterocycles. The summed E-state index contributed by atoms with van der Waals surface area (Å²) in [5.41, 5.74) is 0.673. The molecule has 0 aliphatic carbocycles. The van der Waals surface area contributed by atoms with Crippen LogP contribution in [0.4, 0.5) is 5.13 Å². The number of benzene rings is 1. The summed E-state index contributed by atoms with van der Waals surface area (Å²) in [5.74, 6) is 0.270. The zero-order chi connectivity index (χ0) is 19.4. The number of thiazole rings is 1. The van der Waals surface area contributed by atoms with Gasteiger partial charge >= 0.3 is 0 Å². The van der Waals surface area contributed by atoms with E-state index in [4.69, 9.17) is 4.74 Å². The average molecular weight is 412 g/mol. The van der Waals surface area contributed by atoms with Gasteiger partial charge in [-0.2, -0.15) is 4.31 Å². The molecule has 3 rings (SSSR count). The molecule has 1 N–H and O–H groups in total. The Kier molecular flexibility index (Phi) is 6.46. The van der Waals surface area contributed by atoms with Crippen LogP contribution in [0.15, 0.2) is 23.1 Å². The molecule has 27 heavy (non-hydrogen) atoms. The number of nitrogens with zero attached hydrogens (tertiary/aromatic N) is 2. The Hall–Kier alpha value is -1.55. The van der Waals surface area contributed by atoms with Crippen LogP contribution in [0, 0.1) is 5.92 Å². The lowest BCUT2D eigenvalue weighted by atomic mass is 10.2. The summed E-state index contributed by atoms with van der Waals surface area (Å²) < 4.78 is 33.0. The van der Waals surface area contributed by atoms with Crippen molar-refractivity contribution in [1.82, 2.24) is 9.29 Å². The van der Waals surface area contributed by atoms with Gasteiger partial charge in [-0.15, -0.1) is 0 Å². The molecule has 2 aromatic rings. The van der Waals surface area contributed by atoms with Gasteiger partial charge in [0.15, 0.2) is 5.13 Å². The third kappa shape index (κ3) is 5.04. The summed E-state index contributed by atoms with van der Waals surface area (Å²) in [6.07, 6.45) is 2.06. The molecule has 1 aromatic heterocycles. The van der Waals surface area contributed by atoms with Gasteiger partial charge in [0, 0.05) is 19.7 Å². The average Bonchev–Trinajstić information content (AvgIpc) is 3.27. The molecule has 0 radical (unpaired) electrons. The van der Waals surface area contributed by atoms with Crippen LogP contribution in [0.2, 0.25) is 0 Å². The fourth-order valence-electron chi connectivity index (χ4n) is 2.86. The first-order valence-electron chi connectivity index (χ1n) is 9.14. The molecule has 0 atom stereocenters. The largest absolute Gasteiger partial charge is 0.381 e. The van der Waals surface area contributed by atoms with Gasteiger partial charge in [-0.3, -0.25) is 4.79 Å². The van der Waals surface area contributed by atoms with Crippen molar-refractivity contribution in [2.45, 2.75) is 38.0 Å². The second-order valence-corrected chi connectivity index (χ2v) is 10.00. The van der Waals surface area contributed by atoms with Crippen LogP contribution in [0.25, 0.3) is 10.2 Å². The Morgan fingerprint density at radius 3 is 2.78 bits per heavy atom. The third-order valence-corrected chi connectivity index (χ3v) is 7.06. The van der Waals surface area contributed by atoms with Crippen LogP contribution < -0.4 is 5.32 Å². The van der Waals surface area contributed by atoms with E-state index in [-0.39, 0.29) is 17.2 Å². The van der Waals surface area contributed by atoms with Crippen LogP contribution in [-0.4, -0.2) is 49.9 Å². The minimum Gasteiger partial charge on any atom is -0.381 e. The number of nitrogens with one attached hydrogen (secondary N) is 1. The Morgan fingerprint density at radius 2 is 2.07 bits per heavy atom. The normalized spacial score (nSPS) is 15.7. The molecule has 9 heteroatoms. The number of aromatic nitrogens is 1. The first-order valence-corrected chi connectivity index (χ1v) is 11.4. The topological polar surface area (TPSA) is 88.6 Å². The van der Waals surface area contributed by atoms with Crippen molar-refractivity contribution >= 4 is 42.6 Å². The van der Waals surface area contributed by atoms with Crippen molar-refractivity contribution in [2.24, 2.45) is 5.92 Å². The second-order valence-electron chi connectivity index (χ2n) is 7.03. The molecule has 0 unspecified atom stereocenters. The number of hydrogen-bond acceptors (Lipinski definition) is 6. The van der Waals surface area contributed by atoms with Crippen molar-refractivity contribution in [1.29, 1.82) is 0 Å². The zero-order valence-corrected chi connectivity index (χ0v) is 17.2. The van der Waals surface area contributed by atoms with E-state index in [0.717, 1.165) is 17.5 Å². The Balaban J connectivity index is 1.66. The number of carbonyl (C=O) groups excluding carboxylic acids is 1. The lowest BCUT2D eigenvalue weighted by Crippen LogP contribution is -2.27. The minimum absolute atomic E-state index is 0.164. The molecule has 7 nitrogen and oxygen atoms in total. The monoisotopic (exact) mass is 411 g/mol. The molecule has 148 valence electrons. The van der Waals surface area contributed by atoms with Gasteiger partial charge in [-0.05, 0) is 37.0 Å². The molecule has 0 spiro atoms. The van der Waals surface area contributed by atoms with E-state index < -0.39 is 10.0 Å². The highest BCUT2D eigenvalue weighted by atomic mass is 32.2. The highest BCUT2D eigenvalue weighted by molar-refractivity contribution is 7.89. The lowest BCUT2D eigenvalue weighted by molar-refractivity contribution is -0.117. The van der Waals surface area contributed by atoms with Gasteiger partial charge in [0.1, 0.15) is 0 Å². The third-order valence-electron chi connectivity index (χ3n) is 4.23. The van der Waals surface area contributed by atoms with Crippen molar-refractivity contribution in [3.8, 4) is 0 Å². The molecule has 1 aliphatic heterocycles. The quantitative estimate of drug-likeness (QED) is 0.675. The predicted octanol–water partition coefficient (Wildman–Crippen LogP) is 3.08. The Morgan fingerprint density at radius 1 is 1.33 bits per heavy atom. The fraction of sp³-hybridized carbons (Fsp3) is 0.556. The molecule has 1 aliphatic rings. The van der Waals surface area contributed by atoms with E-state index in [2.05, 4.69) is 24.1 Å².